The van der Waals surface area contributed by atoms with Crippen LogP contribution in [0.3, 0.4) is 0 Å². The first-order chi connectivity index (χ1) is 11.5. The molecule has 0 radical (unpaired) electrons. The Morgan fingerprint density at radius 2 is 1.75 bits per heavy atom. The van der Waals surface area contributed by atoms with Gasteiger partial charge in [0, 0.05) is 24.0 Å². The summed E-state index contributed by atoms with van der Waals surface area (Å²) < 4.78 is 41.9. The molecule has 1 heterocycles. The normalized spacial score (nSPS) is 15.6. The van der Waals surface area contributed by atoms with E-state index in [1.807, 2.05) is 13.8 Å². The number of hydrogen-bond donors (Lipinski definition) is 1. The second-order valence-corrected chi connectivity index (χ2v) is 6.69. The number of thiol groups is 1. The lowest BCUT2D eigenvalue weighted by Gasteiger charge is -2.35. The fourth-order valence-electron chi connectivity index (χ4n) is 2.78. The quantitative estimate of drug-likeness (QED) is 0.861. The van der Waals surface area contributed by atoms with Crippen molar-refractivity contribution in [3.05, 3.63) is 59.4 Å². The van der Waals surface area contributed by atoms with Crippen molar-refractivity contribution in [2.45, 2.75) is 37.3 Å². The van der Waals surface area contributed by atoms with Crippen molar-refractivity contribution in [2.75, 3.05) is 0 Å². The number of aliphatic imine (C=N–C) groups is 1. The van der Waals surface area contributed by atoms with Gasteiger partial charge in [-0.05, 0) is 42.5 Å². The van der Waals surface area contributed by atoms with Crippen molar-refractivity contribution in [3.8, 4) is 5.75 Å². The van der Waals surface area contributed by atoms with Crippen molar-refractivity contribution < 1.29 is 17.5 Å². The minimum Gasteiger partial charge on any atom is -0.465 e. The third-order valence-electron chi connectivity index (χ3n) is 4.27. The zero-order valence-corrected chi connectivity index (χ0v) is 14.3. The second-order valence-electron chi connectivity index (χ2n) is 5.66. The molecule has 3 rings (SSSR count). The maximum Gasteiger partial charge on any atom is 0.200 e. The molecule has 0 fully saturated rings. The Morgan fingerprint density at radius 1 is 1.08 bits per heavy atom. The molecule has 24 heavy (non-hydrogen) atoms. The summed E-state index contributed by atoms with van der Waals surface area (Å²) in [6, 6.07) is 10.8. The summed E-state index contributed by atoms with van der Waals surface area (Å²) in [5.41, 5.74) is 1.42. The van der Waals surface area contributed by atoms with Gasteiger partial charge in [-0.2, -0.15) is 0 Å². The molecule has 2 aromatic carbocycles. The zero-order chi connectivity index (χ0) is 17.3. The van der Waals surface area contributed by atoms with E-state index in [1.165, 1.54) is 24.3 Å². The molecule has 2 aromatic rings. The lowest BCUT2D eigenvalue weighted by atomic mass is 9.97. The van der Waals surface area contributed by atoms with Gasteiger partial charge in [0.2, 0.25) is 0 Å². The third kappa shape index (κ3) is 2.94. The van der Waals surface area contributed by atoms with Crippen LogP contribution < -0.4 is 4.74 Å². The van der Waals surface area contributed by atoms with Crippen molar-refractivity contribution in [1.82, 2.24) is 0 Å². The van der Waals surface area contributed by atoms with Crippen LogP contribution in [0.25, 0.3) is 0 Å². The first-order valence-electron chi connectivity index (χ1n) is 7.81. The zero-order valence-electron chi connectivity index (χ0n) is 13.5. The van der Waals surface area contributed by atoms with Crippen LogP contribution in [-0.2, 0) is 10.7 Å². The largest absolute Gasteiger partial charge is 0.465 e. The summed E-state index contributed by atoms with van der Waals surface area (Å²) in [5, 5.41) is 0. The van der Waals surface area contributed by atoms with Crippen molar-refractivity contribution in [1.29, 1.82) is 0 Å². The van der Waals surface area contributed by atoms with Crippen LogP contribution >= 0.6 is 0 Å². The Labute approximate surface area is 142 Å². The molecular weight excluding hydrogens is 329 g/mol. The van der Waals surface area contributed by atoms with E-state index in [4.69, 9.17) is 9.73 Å². The van der Waals surface area contributed by atoms with Crippen LogP contribution in [0.2, 0.25) is 0 Å². The monoisotopic (exact) mass is 347 g/mol. The molecule has 1 aliphatic heterocycles. The Balaban J connectivity index is 2.21. The molecular formula is C18H18FNO3S. The summed E-state index contributed by atoms with van der Waals surface area (Å²) in [6.45, 7) is 3.94. The van der Waals surface area contributed by atoms with Gasteiger partial charge in [-0.1, -0.05) is 13.8 Å². The van der Waals surface area contributed by atoms with Gasteiger partial charge in [0.05, 0.1) is 10.6 Å². The summed E-state index contributed by atoms with van der Waals surface area (Å²) in [6.07, 6.45) is 1.28. The van der Waals surface area contributed by atoms with Crippen molar-refractivity contribution in [3.63, 3.8) is 0 Å². The predicted molar refractivity (Wildman–Crippen MR) is 91.0 cm³/mol. The van der Waals surface area contributed by atoms with E-state index in [1.54, 1.807) is 18.2 Å². The highest BCUT2D eigenvalue weighted by atomic mass is 32.2. The van der Waals surface area contributed by atoms with Crippen LogP contribution in [0.5, 0.6) is 5.75 Å². The molecule has 0 unspecified atom stereocenters. The molecule has 0 N–H and O–H groups in total. The van der Waals surface area contributed by atoms with Gasteiger partial charge in [-0.15, -0.1) is 0 Å². The SMILES string of the molecule is CCC1(CC)N=C(c2ccc(F)cc2)c2ccc([SH](=O)=O)cc2O1. The number of benzene rings is 2. The third-order valence-corrected chi connectivity index (χ3v) is 4.97. The van der Waals surface area contributed by atoms with Gasteiger partial charge in [-0.3, -0.25) is 0 Å². The Hall–Kier alpha value is -2.21. The molecule has 0 saturated carbocycles. The first-order valence-corrected chi connectivity index (χ1v) is 8.99. The Bertz CT molecular complexity index is 860. The molecule has 0 atom stereocenters. The molecule has 0 aromatic heterocycles. The van der Waals surface area contributed by atoms with E-state index < -0.39 is 16.4 Å². The Kier molecular flexibility index (Phi) is 4.41. The van der Waals surface area contributed by atoms with Crippen molar-refractivity contribution in [2.24, 2.45) is 4.99 Å². The lowest BCUT2D eigenvalue weighted by molar-refractivity contribution is 0.0656. The Morgan fingerprint density at radius 3 is 2.33 bits per heavy atom. The van der Waals surface area contributed by atoms with Crippen LogP contribution in [-0.4, -0.2) is 19.9 Å². The smallest absolute Gasteiger partial charge is 0.200 e. The number of halogens is 1. The number of nitrogens with zero attached hydrogens (tertiary/aromatic N) is 1. The van der Waals surface area contributed by atoms with Crippen LogP contribution in [0.1, 0.15) is 37.8 Å². The topological polar surface area (TPSA) is 55.7 Å². The van der Waals surface area contributed by atoms with Gasteiger partial charge in [0.1, 0.15) is 11.6 Å². The molecule has 0 amide bonds. The molecule has 6 heteroatoms. The summed E-state index contributed by atoms with van der Waals surface area (Å²) in [7, 11) is -2.69. The van der Waals surface area contributed by atoms with Gasteiger partial charge < -0.3 is 4.74 Å². The minimum atomic E-state index is -2.69. The molecule has 0 saturated heterocycles. The number of rotatable bonds is 4. The molecule has 126 valence electrons. The maximum atomic E-state index is 13.2. The fraction of sp³-hybridized carbons (Fsp3) is 0.278. The molecule has 1 aliphatic rings. The van der Waals surface area contributed by atoms with E-state index in [0.29, 0.717) is 29.9 Å². The lowest BCUT2D eigenvalue weighted by Crippen LogP contribution is -2.37. The first kappa shape index (κ1) is 16.6. The number of ether oxygens (including phenoxy) is 1. The average molecular weight is 347 g/mol. The second kappa shape index (κ2) is 6.36. The van der Waals surface area contributed by atoms with E-state index in [0.717, 1.165) is 5.56 Å². The minimum absolute atomic E-state index is 0.199. The maximum absolute atomic E-state index is 13.2. The van der Waals surface area contributed by atoms with Gasteiger partial charge in [0.15, 0.2) is 16.4 Å². The fourth-order valence-corrected chi connectivity index (χ4v) is 3.20. The highest BCUT2D eigenvalue weighted by molar-refractivity contribution is 7.72. The van der Waals surface area contributed by atoms with Gasteiger partial charge in [-0.25, -0.2) is 17.8 Å². The number of hydrogen-bond acceptors (Lipinski definition) is 4. The van der Waals surface area contributed by atoms with E-state index in [2.05, 4.69) is 0 Å². The summed E-state index contributed by atoms with van der Waals surface area (Å²) >= 11 is 0. The van der Waals surface area contributed by atoms with Crippen LogP contribution in [0.15, 0.2) is 52.4 Å². The summed E-state index contributed by atoms with van der Waals surface area (Å²) in [5.74, 6) is 0.173. The average Bonchev–Trinajstić information content (AvgIpc) is 2.60. The van der Waals surface area contributed by atoms with E-state index in [9.17, 15) is 12.8 Å². The van der Waals surface area contributed by atoms with Crippen molar-refractivity contribution >= 4 is 16.4 Å². The van der Waals surface area contributed by atoms with E-state index >= 15 is 0 Å². The highest BCUT2D eigenvalue weighted by Gasteiger charge is 2.34. The predicted octanol–water partition coefficient (Wildman–Crippen LogP) is 3.54. The molecule has 0 spiro atoms. The van der Waals surface area contributed by atoms with Gasteiger partial charge in [0.25, 0.3) is 0 Å². The standard InChI is InChI=1S/C18H18FNO3S/c1-3-18(4-2)20-17(12-5-7-13(19)8-6-12)15-10-9-14(24(21)22)11-16(15)23-18/h5-11,24H,3-4H2,1-2H3. The molecule has 0 bridgehead atoms. The van der Waals surface area contributed by atoms with Gasteiger partial charge >= 0.3 is 0 Å². The van der Waals surface area contributed by atoms with Crippen LogP contribution in [0.4, 0.5) is 4.39 Å². The summed E-state index contributed by atoms with van der Waals surface area (Å²) in [4.78, 5) is 4.99. The van der Waals surface area contributed by atoms with E-state index in [-0.39, 0.29) is 10.7 Å². The molecule has 0 aliphatic carbocycles. The van der Waals surface area contributed by atoms with Crippen LogP contribution in [0, 0.1) is 5.82 Å². The molecule has 4 nitrogen and oxygen atoms in total. The highest BCUT2D eigenvalue weighted by Crippen LogP contribution is 2.37. The number of fused-ring (bicyclic) bond motifs is 1.